The molecule has 0 aliphatic carbocycles. The van der Waals surface area contributed by atoms with E-state index in [2.05, 4.69) is 0 Å². The van der Waals surface area contributed by atoms with Crippen molar-refractivity contribution >= 4 is 0 Å². The van der Waals surface area contributed by atoms with E-state index in [1.165, 1.54) is 0 Å². The highest BCUT2D eigenvalue weighted by Crippen LogP contribution is 2.37. The highest BCUT2D eigenvalue weighted by molar-refractivity contribution is 5.27. The molecule has 0 radical (unpaired) electrons. The maximum Gasteiger partial charge on any atom is 0.184 e. The molecule has 2 heterocycles. The van der Waals surface area contributed by atoms with Crippen molar-refractivity contribution in [3.05, 3.63) is 95.6 Å². The lowest BCUT2D eigenvalue weighted by Gasteiger charge is -2.48. The number of hydrogen-bond donors (Lipinski definition) is 0. The first-order valence-electron chi connectivity index (χ1n) is 12.6. The molecular formula is C30H34O7. The standard InChI is InChI=1S/C30H34O7/c1-20-27(33-17-21-9-13-24(31-2)14-10-21)29(34-18-22-11-15-25(32-3)16-12-22)28-26(36-20)19-35-30(37-28)23-7-5-4-6-8-23/h4-16,20,26-30H,17-19H2,1-3H3/t20-,26?,27?,28-,29+,30?/m1/s1. The van der Waals surface area contributed by atoms with Gasteiger partial charge in [-0.25, -0.2) is 0 Å². The van der Waals surface area contributed by atoms with Crippen LogP contribution in [0.2, 0.25) is 0 Å². The number of benzene rings is 3. The molecule has 3 unspecified atom stereocenters. The number of fused-ring (bicyclic) bond motifs is 1. The second-order valence-corrected chi connectivity index (χ2v) is 9.30. The molecular weight excluding hydrogens is 472 g/mol. The van der Waals surface area contributed by atoms with Crippen LogP contribution in [-0.4, -0.2) is 51.3 Å². The van der Waals surface area contributed by atoms with Crippen LogP contribution in [0.4, 0.5) is 0 Å². The minimum atomic E-state index is -0.492. The molecule has 2 fully saturated rings. The van der Waals surface area contributed by atoms with Gasteiger partial charge >= 0.3 is 0 Å². The average Bonchev–Trinajstić information content (AvgIpc) is 2.96. The van der Waals surface area contributed by atoms with Crippen molar-refractivity contribution in [1.29, 1.82) is 0 Å². The van der Waals surface area contributed by atoms with Gasteiger partial charge in [0, 0.05) is 5.56 Å². The lowest BCUT2D eigenvalue weighted by Crippen LogP contribution is -2.62. The van der Waals surface area contributed by atoms with E-state index in [-0.39, 0.29) is 30.5 Å². The highest BCUT2D eigenvalue weighted by Gasteiger charge is 2.50. The zero-order valence-electron chi connectivity index (χ0n) is 21.4. The van der Waals surface area contributed by atoms with Crippen LogP contribution in [0.1, 0.15) is 29.9 Å². The maximum absolute atomic E-state index is 6.56. The van der Waals surface area contributed by atoms with E-state index in [1.54, 1.807) is 14.2 Å². The second kappa shape index (κ2) is 12.1. The molecule has 6 atom stereocenters. The lowest BCUT2D eigenvalue weighted by atomic mass is 9.94. The maximum atomic E-state index is 6.56. The smallest absolute Gasteiger partial charge is 0.184 e. The highest BCUT2D eigenvalue weighted by atomic mass is 16.7. The molecule has 7 nitrogen and oxygen atoms in total. The van der Waals surface area contributed by atoms with Crippen molar-refractivity contribution in [3.8, 4) is 11.5 Å². The van der Waals surface area contributed by atoms with Crippen LogP contribution in [0.5, 0.6) is 11.5 Å². The summed E-state index contributed by atoms with van der Waals surface area (Å²) in [6.07, 6.45) is -2.00. The first-order chi connectivity index (χ1) is 18.1. The monoisotopic (exact) mass is 506 g/mol. The normalized spacial score (nSPS) is 27.3. The zero-order valence-corrected chi connectivity index (χ0v) is 21.4. The second-order valence-electron chi connectivity index (χ2n) is 9.30. The summed E-state index contributed by atoms with van der Waals surface area (Å²) in [7, 11) is 3.32. The fraction of sp³-hybridized carbons (Fsp3) is 0.400. The zero-order chi connectivity index (χ0) is 25.6. The molecule has 2 saturated heterocycles. The molecule has 2 aliphatic rings. The Morgan fingerprint density at radius 2 is 1.27 bits per heavy atom. The molecule has 0 bridgehead atoms. The topological polar surface area (TPSA) is 64.6 Å². The molecule has 196 valence electrons. The van der Waals surface area contributed by atoms with Gasteiger partial charge in [0.25, 0.3) is 0 Å². The number of methoxy groups -OCH3 is 2. The van der Waals surface area contributed by atoms with E-state index in [4.69, 9.17) is 33.2 Å². The molecule has 37 heavy (non-hydrogen) atoms. The minimum absolute atomic E-state index is 0.208. The van der Waals surface area contributed by atoms with Crippen molar-refractivity contribution in [3.63, 3.8) is 0 Å². The average molecular weight is 507 g/mol. The predicted octanol–water partition coefficient (Wildman–Crippen LogP) is 5.08. The summed E-state index contributed by atoms with van der Waals surface area (Å²) in [4.78, 5) is 0. The minimum Gasteiger partial charge on any atom is -0.497 e. The molecule has 7 heteroatoms. The summed E-state index contributed by atoms with van der Waals surface area (Å²) >= 11 is 0. The molecule has 0 aromatic heterocycles. The van der Waals surface area contributed by atoms with Crippen molar-refractivity contribution in [2.24, 2.45) is 0 Å². The Kier molecular flexibility index (Phi) is 8.38. The first kappa shape index (κ1) is 25.7. The Hall–Kier alpha value is -2.94. The Labute approximate surface area is 218 Å². The summed E-state index contributed by atoms with van der Waals surface area (Å²) in [5, 5.41) is 0. The first-order valence-corrected chi connectivity index (χ1v) is 12.6. The largest absolute Gasteiger partial charge is 0.497 e. The Bertz CT molecular complexity index is 1100. The van der Waals surface area contributed by atoms with Gasteiger partial charge in [0.05, 0.1) is 40.1 Å². The van der Waals surface area contributed by atoms with Crippen LogP contribution < -0.4 is 9.47 Å². The Morgan fingerprint density at radius 3 is 1.84 bits per heavy atom. The number of rotatable bonds is 9. The van der Waals surface area contributed by atoms with Gasteiger partial charge in [0.1, 0.15) is 35.9 Å². The van der Waals surface area contributed by atoms with E-state index < -0.39 is 6.29 Å². The Morgan fingerprint density at radius 1 is 0.703 bits per heavy atom. The van der Waals surface area contributed by atoms with E-state index in [9.17, 15) is 0 Å². The summed E-state index contributed by atoms with van der Waals surface area (Å²) in [5.74, 6) is 1.62. The molecule has 3 aromatic carbocycles. The van der Waals surface area contributed by atoms with Crippen LogP contribution in [-0.2, 0) is 36.9 Å². The Balaban J connectivity index is 1.35. The third-order valence-electron chi connectivity index (χ3n) is 6.83. The summed E-state index contributed by atoms with van der Waals surface area (Å²) < 4.78 is 42.4. The van der Waals surface area contributed by atoms with Gasteiger partial charge in [-0.05, 0) is 42.3 Å². The number of hydrogen-bond acceptors (Lipinski definition) is 7. The summed E-state index contributed by atoms with van der Waals surface area (Å²) in [5.41, 5.74) is 3.04. The van der Waals surface area contributed by atoms with Gasteiger partial charge < -0.3 is 33.2 Å². The van der Waals surface area contributed by atoms with Crippen molar-refractivity contribution in [2.45, 2.75) is 56.9 Å². The van der Waals surface area contributed by atoms with Gasteiger partial charge in [-0.1, -0.05) is 54.6 Å². The fourth-order valence-electron chi connectivity index (χ4n) is 4.79. The van der Waals surface area contributed by atoms with Crippen LogP contribution in [0.3, 0.4) is 0 Å². The number of ether oxygens (including phenoxy) is 7. The van der Waals surface area contributed by atoms with Gasteiger partial charge in [-0.3, -0.25) is 0 Å². The molecule has 2 aliphatic heterocycles. The van der Waals surface area contributed by atoms with Crippen LogP contribution in [0, 0.1) is 0 Å². The molecule has 5 rings (SSSR count). The van der Waals surface area contributed by atoms with Gasteiger partial charge in [0.15, 0.2) is 6.29 Å². The van der Waals surface area contributed by atoms with Crippen molar-refractivity contribution in [2.75, 3.05) is 20.8 Å². The molecule has 0 saturated carbocycles. The fourth-order valence-corrected chi connectivity index (χ4v) is 4.79. The predicted molar refractivity (Wildman–Crippen MR) is 137 cm³/mol. The van der Waals surface area contributed by atoms with Crippen molar-refractivity contribution < 1.29 is 33.2 Å². The van der Waals surface area contributed by atoms with Gasteiger partial charge in [-0.2, -0.15) is 0 Å². The van der Waals surface area contributed by atoms with Gasteiger partial charge in [0.2, 0.25) is 0 Å². The quantitative estimate of drug-likeness (QED) is 0.401. The third-order valence-corrected chi connectivity index (χ3v) is 6.83. The molecule has 0 amide bonds. The molecule has 3 aromatic rings. The summed E-state index contributed by atoms with van der Waals surface area (Å²) in [6.45, 7) is 3.26. The third kappa shape index (κ3) is 6.14. The molecule has 0 N–H and O–H groups in total. The van der Waals surface area contributed by atoms with Crippen LogP contribution in [0.25, 0.3) is 0 Å². The van der Waals surface area contributed by atoms with E-state index >= 15 is 0 Å². The van der Waals surface area contributed by atoms with Crippen LogP contribution >= 0.6 is 0 Å². The van der Waals surface area contributed by atoms with Crippen molar-refractivity contribution in [1.82, 2.24) is 0 Å². The SMILES string of the molecule is COc1ccc(COC2[C@@H](C)OC3COC(c4ccccc4)O[C@H]3[C@H]2OCc2ccc(OC)cc2)cc1. The van der Waals surface area contributed by atoms with E-state index in [1.807, 2.05) is 85.8 Å². The summed E-state index contributed by atoms with van der Waals surface area (Å²) in [6, 6.07) is 25.7. The lowest BCUT2D eigenvalue weighted by molar-refractivity contribution is -0.337. The van der Waals surface area contributed by atoms with E-state index in [0.29, 0.717) is 19.8 Å². The van der Waals surface area contributed by atoms with Gasteiger partial charge in [-0.15, -0.1) is 0 Å². The van der Waals surface area contributed by atoms with Crippen LogP contribution in [0.15, 0.2) is 78.9 Å². The van der Waals surface area contributed by atoms with E-state index in [0.717, 1.165) is 28.2 Å². The molecule has 0 spiro atoms.